The molecule has 0 atom stereocenters. The molecule has 0 radical (unpaired) electrons. The monoisotopic (exact) mass is 289 g/mol. The Kier molecular flexibility index (Phi) is 7.38. The molecular formula is C16H21BFNS. The number of aromatic nitrogens is 1. The number of rotatable bonds is 4. The van der Waals surface area contributed by atoms with Gasteiger partial charge in [0.1, 0.15) is 5.82 Å². The van der Waals surface area contributed by atoms with Crippen molar-refractivity contribution in [1.29, 1.82) is 0 Å². The van der Waals surface area contributed by atoms with Crippen molar-refractivity contribution in [3.63, 3.8) is 0 Å². The second kappa shape index (κ2) is 8.80. The molecule has 0 aliphatic heterocycles. The summed E-state index contributed by atoms with van der Waals surface area (Å²) in [5.74, 6) is 0.730. The van der Waals surface area contributed by atoms with Crippen LogP contribution in [0.25, 0.3) is 0 Å². The van der Waals surface area contributed by atoms with Crippen molar-refractivity contribution in [1.82, 2.24) is 4.98 Å². The van der Waals surface area contributed by atoms with Gasteiger partial charge in [0.15, 0.2) is 6.71 Å². The van der Waals surface area contributed by atoms with Crippen molar-refractivity contribution in [2.24, 2.45) is 0 Å². The average molecular weight is 289 g/mol. The Morgan fingerprint density at radius 1 is 1.10 bits per heavy atom. The van der Waals surface area contributed by atoms with Crippen LogP contribution in [0.2, 0.25) is 13.6 Å². The van der Waals surface area contributed by atoms with E-state index in [0.29, 0.717) is 0 Å². The Balaban J connectivity index is 0.000000956. The third-order valence-electron chi connectivity index (χ3n) is 2.75. The second-order valence-corrected chi connectivity index (χ2v) is 5.53. The molecule has 4 heteroatoms. The predicted octanol–water partition coefficient (Wildman–Crippen LogP) is 4.50. The number of thioether (sulfide) groups is 1. The third kappa shape index (κ3) is 5.01. The molecule has 1 aromatic heterocycles. The second-order valence-electron chi connectivity index (χ2n) is 4.48. The van der Waals surface area contributed by atoms with Crippen molar-refractivity contribution in [2.45, 2.75) is 38.1 Å². The zero-order valence-electron chi connectivity index (χ0n) is 12.6. The summed E-state index contributed by atoms with van der Waals surface area (Å²) < 4.78 is 13.8. The molecule has 106 valence electrons. The van der Waals surface area contributed by atoms with E-state index in [1.54, 1.807) is 30.2 Å². The number of nitrogens with zero attached hydrogens (tertiary/aromatic N) is 1. The van der Waals surface area contributed by atoms with Crippen LogP contribution in [0.1, 0.15) is 19.4 Å². The van der Waals surface area contributed by atoms with Crippen LogP contribution in [-0.4, -0.2) is 11.7 Å². The van der Waals surface area contributed by atoms with Gasteiger partial charge < -0.3 is 0 Å². The average Bonchev–Trinajstić information content (AvgIpc) is 2.48. The summed E-state index contributed by atoms with van der Waals surface area (Å²) in [5.41, 5.74) is 1.98. The molecule has 1 heterocycles. The molecule has 20 heavy (non-hydrogen) atoms. The van der Waals surface area contributed by atoms with Crippen LogP contribution < -0.4 is 5.46 Å². The fourth-order valence-corrected chi connectivity index (χ4v) is 2.59. The van der Waals surface area contributed by atoms with Crippen LogP contribution in [0, 0.1) is 5.82 Å². The Morgan fingerprint density at radius 3 is 2.30 bits per heavy atom. The number of pyridine rings is 1. The molecule has 0 saturated heterocycles. The number of hydrogen-bond donors (Lipinski definition) is 0. The van der Waals surface area contributed by atoms with Crippen LogP contribution in [0.3, 0.4) is 0 Å². The molecule has 0 aliphatic carbocycles. The topological polar surface area (TPSA) is 12.9 Å². The SMILES string of the molecule is CB(C)c1ccc(SCc2ccncc2)cc1F.CC. The van der Waals surface area contributed by atoms with E-state index in [4.69, 9.17) is 0 Å². The third-order valence-corrected chi connectivity index (χ3v) is 3.81. The maximum Gasteiger partial charge on any atom is 0.173 e. The summed E-state index contributed by atoms with van der Waals surface area (Å²) in [7, 11) is 0. The Hall–Kier alpha value is -1.29. The summed E-state index contributed by atoms with van der Waals surface area (Å²) in [6, 6.07) is 9.46. The van der Waals surface area contributed by atoms with Crippen LogP contribution in [0.15, 0.2) is 47.6 Å². The van der Waals surface area contributed by atoms with E-state index < -0.39 is 0 Å². The summed E-state index contributed by atoms with van der Waals surface area (Å²) in [6.45, 7) is 8.23. The Labute approximate surface area is 126 Å². The van der Waals surface area contributed by atoms with Gasteiger partial charge in [0.2, 0.25) is 0 Å². The lowest BCUT2D eigenvalue weighted by Crippen LogP contribution is -2.25. The number of hydrogen-bond acceptors (Lipinski definition) is 2. The van der Waals surface area contributed by atoms with Gasteiger partial charge >= 0.3 is 0 Å². The lowest BCUT2D eigenvalue weighted by molar-refractivity contribution is 0.632. The number of benzene rings is 1. The maximum absolute atomic E-state index is 13.8. The minimum atomic E-state index is -0.107. The minimum absolute atomic E-state index is 0.107. The van der Waals surface area contributed by atoms with E-state index in [-0.39, 0.29) is 12.5 Å². The molecule has 1 aromatic carbocycles. The van der Waals surface area contributed by atoms with E-state index in [1.807, 2.05) is 51.8 Å². The highest BCUT2D eigenvalue weighted by Gasteiger charge is 2.09. The highest BCUT2D eigenvalue weighted by molar-refractivity contribution is 7.98. The maximum atomic E-state index is 13.8. The fourth-order valence-electron chi connectivity index (χ4n) is 1.71. The normalized spacial score (nSPS) is 9.65. The first kappa shape index (κ1) is 16.8. The van der Waals surface area contributed by atoms with Gasteiger partial charge in [0.25, 0.3) is 0 Å². The standard InChI is InChI=1S/C14H15BFNS.C2H6/c1-15(2)13-4-3-12(9-14(13)16)18-10-11-5-7-17-8-6-11;1-2/h3-9H,10H2,1-2H3;1-2H3. The van der Waals surface area contributed by atoms with Gasteiger partial charge in [0.05, 0.1) is 0 Å². The zero-order valence-corrected chi connectivity index (χ0v) is 13.4. The predicted molar refractivity (Wildman–Crippen MR) is 88.7 cm³/mol. The minimum Gasteiger partial charge on any atom is -0.265 e. The first-order valence-corrected chi connectivity index (χ1v) is 7.96. The molecule has 0 bridgehead atoms. The molecule has 0 spiro atoms. The smallest absolute Gasteiger partial charge is 0.173 e. The molecule has 0 fully saturated rings. The molecule has 2 aromatic rings. The Bertz CT molecular complexity index is 517. The van der Waals surface area contributed by atoms with Crippen molar-refractivity contribution in [3.8, 4) is 0 Å². The van der Waals surface area contributed by atoms with E-state index >= 15 is 0 Å². The van der Waals surface area contributed by atoms with Gasteiger partial charge in [-0.3, -0.25) is 4.98 Å². The fraction of sp³-hybridized carbons (Fsp3) is 0.312. The zero-order chi connectivity index (χ0) is 15.0. The van der Waals surface area contributed by atoms with E-state index in [9.17, 15) is 4.39 Å². The van der Waals surface area contributed by atoms with E-state index in [2.05, 4.69) is 4.98 Å². The van der Waals surface area contributed by atoms with Gasteiger partial charge in [-0.05, 0) is 35.3 Å². The van der Waals surface area contributed by atoms with Gasteiger partial charge in [0, 0.05) is 23.0 Å². The van der Waals surface area contributed by atoms with Crippen molar-refractivity contribution in [3.05, 3.63) is 54.1 Å². The Morgan fingerprint density at radius 2 is 1.75 bits per heavy atom. The van der Waals surface area contributed by atoms with Gasteiger partial charge in [-0.2, -0.15) is 0 Å². The van der Waals surface area contributed by atoms with Crippen LogP contribution in [0.4, 0.5) is 4.39 Å². The lowest BCUT2D eigenvalue weighted by atomic mass is 9.49. The van der Waals surface area contributed by atoms with Crippen LogP contribution >= 0.6 is 11.8 Å². The molecule has 0 aliphatic rings. The van der Waals surface area contributed by atoms with Gasteiger partial charge in [-0.15, -0.1) is 11.8 Å². The first-order chi connectivity index (χ1) is 9.66. The van der Waals surface area contributed by atoms with Crippen molar-refractivity contribution >= 4 is 23.9 Å². The summed E-state index contributed by atoms with van der Waals surface area (Å²) in [5, 5.41) is 0. The van der Waals surface area contributed by atoms with Crippen molar-refractivity contribution < 1.29 is 4.39 Å². The molecule has 0 amide bonds. The van der Waals surface area contributed by atoms with Crippen LogP contribution in [-0.2, 0) is 5.75 Å². The first-order valence-electron chi connectivity index (χ1n) is 6.98. The molecular weight excluding hydrogens is 268 g/mol. The highest BCUT2D eigenvalue weighted by atomic mass is 32.2. The molecule has 0 unspecified atom stereocenters. The highest BCUT2D eigenvalue weighted by Crippen LogP contribution is 2.22. The van der Waals surface area contributed by atoms with Gasteiger partial charge in [-0.1, -0.05) is 33.6 Å². The number of halogens is 1. The van der Waals surface area contributed by atoms with E-state index in [0.717, 1.165) is 16.1 Å². The largest absolute Gasteiger partial charge is 0.265 e. The molecule has 0 N–H and O–H groups in total. The van der Waals surface area contributed by atoms with Crippen LogP contribution in [0.5, 0.6) is 0 Å². The summed E-state index contributed by atoms with van der Waals surface area (Å²) in [4.78, 5) is 4.94. The van der Waals surface area contributed by atoms with E-state index in [1.165, 1.54) is 5.56 Å². The summed E-state index contributed by atoms with van der Waals surface area (Å²) >= 11 is 1.64. The quantitative estimate of drug-likeness (QED) is 0.607. The lowest BCUT2D eigenvalue weighted by Gasteiger charge is -2.07. The molecule has 1 nitrogen and oxygen atoms in total. The molecule has 2 rings (SSSR count). The van der Waals surface area contributed by atoms with Crippen molar-refractivity contribution in [2.75, 3.05) is 0 Å². The summed E-state index contributed by atoms with van der Waals surface area (Å²) in [6.07, 6.45) is 3.55. The molecule has 0 saturated carbocycles. The van der Waals surface area contributed by atoms with Gasteiger partial charge in [-0.25, -0.2) is 4.39 Å².